The predicted octanol–water partition coefficient (Wildman–Crippen LogP) is 3.68. The average molecular weight is 340 g/mol. The van der Waals surface area contributed by atoms with Crippen LogP contribution in [0, 0.1) is 11.3 Å². The lowest BCUT2D eigenvalue weighted by molar-refractivity contribution is -0.115. The minimum Gasteiger partial charge on any atom is -0.325 e. The molecule has 7 heteroatoms. The third-order valence-corrected chi connectivity index (χ3v) is 5.13. The zero-order valence-electron chi connectivity index (χ0n) is 12.0. The number of benzene rings is 1. The van der Waals surface area contributed by atoms with Crippen LogP contribution in [-0.2, 0) is 4.79 Å². The zero-order valence-corrected chi connectivity index (χ0v) is 13.7. The smallest absolute Gasteiger partial charge is 0.225 e. The van der Waals surface area contributed by atoms with Gasteiger partial charge in [0.05, 0.1) is 21.5 Å². The maximum atomic E-state index is 12.0. The molecule has 0 saturated carbocycles. The van der Waals surface area contributed by atoms with Crippen molar-refractivity contribution < 1.29 is 4.79 Å². The number of thioether (sulfide) groups is 1. The van der Waals surface area contributed by atoms with E-state index < -0.39 is 0 Å². The summed E-state index contributed by atoms with van der Waals surface area (Å²) in [5.41, 5.74) is 1.94. The van der Waals surface area contributed by atoms with Gasteiger partial charge in [0.15, 0.2) is 0 Å². The maximum absolute atomic E-state index is 12.0. The highest BCUT2D eigenvalue weighted by Crippen LogP contribution is 2.29. The van der Waals surface area contributed by atoms with Crippen molar-refractivity contribution in [3.8, 4) is 6.07 Å². The van der Waals surface area contributed by atoms with Crippen LogP contribution in [-0.4, -0.2) is 21.6 Å². The molecule has 3 aromatic rings. The fourth-order valence-corrected chi connectivity index (χ4v) is 3.90. The molecule has 0 radical (unpaired) electrons. The van der Waals surface area contributed by atoms with Crippen LogP contribution in [0.25, 0.3) is 10.2 Å². The molecule has 3 rings (SSSR count). The van der Waals surface area contributed by atoms with Crippen LogP contribution < -0.4 is 5.32 Å². The van der Waals surface area contributed by atoms with Gasteiger partial charge in [-0.3, -0.25) is 4.79 Å². The van der Waals surface area contributed by atoms with E-state index in [2.05, 4.69) is 21.4 Å². The van der Waals surface area contributed by atoms with E-state index >= 15 is 0 Å². The molecule has 0 unspecified atom stereocenters. The Morgan fingerprint density at radius 2 is 2.17 bits per heavy atom. The number of rotatable bonds is 5. The Morgan fingerprint density at radius 3 is 3.04 bits per heavy atom. The minimum absolute atomic E-state index is 0.114. The van der Waals surface area contributed by atoms with E-state index in [0.717, 1.165) is 15.2 Å². The highest BCUT2D eigenvalue weighted by atomic mass is 32.2. The van der Waals surface area contributed by atoms with Crippen molar-refractivity contribution in [2.75, 3.05) is 11.1 Å². The van der Waals surface area contributed by atoms with Crippen molar-refractivity contribution in [3.05, 3.63) is 47.6 Å². The van der Waals surface area contributed by atoms with Gasteiger partial charge in [0.2, 0.25) is 5.91 Å². The van der Waals surface area contributed by atoms with E-state index in [-0.39, 0.29) is 5.91 Å². The van der Waals surface area contributed by atoms with Crippen LogP contribution in [0.5, 0.6) is 0 Å². The SMILES string of the molecule is N#Cc1ccccc1NC(=O)CCSc1ncnc2ccsc12. The second-order valence-corrected chi connectivity index (χ2v) is 6.62. The average Bonchev–Trinajstić information content (AvgIpc) is 3.05. The van der Waals surface area contributed by atoms with Crippen molar-refractivity contribution >= 4 is 44.9 Å². The van der Waals surface area contributed by atoms with Gasteiger partial charge in [0, 0.05) is 12.2 Å². The molecular formula is C16H12N4OS2. The number of hydrogen-bond donors (Lipinski definition) is 1. The fourth-order valence-electron chi connectivity index (χ4n) is 2.01. The van der Waals surface area contributed by atoms with Gasteiger partial charge in [0.25, 0.3) is 0 Å². The van der Waals surface area contributed by atoms with E-state index in [1.54, 1.807) is 41.9 Å². The topological polar surface area (TPSA) is 78.7 Å². The first-order valence-corrected chi connectivity index (χ1v) is 8.74. The number of fused-ring (bicyclic) bond motifs is 1. The summed E-state index contributed by atoms with van der Waals surface area (Å²) in [6.45, 7) is 0. The summed E-state index contributed by atoms with van der Waals surface area (Å²) >= 11 is 3.13. The molecule has 0 aliphatic rings. The molecule has 23 heavy (non-hydrogen) atoms. The quantitative estimate of drug-likeness (QED) is 0.566. The number of carbonyl (C=O) groups is 1. The lowest BCUT2D eigenvalue weighted by Crippen LogP contribution is -2.13. The summed E-state index contributed by atoms with van der Waals surface area (Å²) in [6.07, 6.45) is 1.89. The van der Waals surface area contributed by atoms with Gasteiger partial charge in [-0.1, -0.05) is 12.1 Å². The second-order valence-electron chi connectivity index (χ2n) is 4.62. The van der Waals surface area contributed by atoms with Crippen molar-refractivity contribution in [1.29, 1.82) is 5.26 Å². The molecule has 0 aliphatic carbocycles. The van der Waals surface area contributed by atoms with Crippen LogP contribution in [0.3, 0.4) is 0 Å². The number of nitrogens with one attached hydrogen (secondary N) is 1. The summed E-state index contributed by atoms with van der Waals surface area (Å²) in [4.78, 5) is 20.5. The minimum atomic E-state index is -0.114. The number of anilines is 1. The van der Waals surface area contributed by atoms with Gasteiger partial charge < -0.3 is 5.32 Å². The number of para-hydroxylation sites is 1. The number of nitrogens with zero attached hydrogens (tertiary/aromatic N) is 3. The Bertz CT molecular complexity index is 885. The Morgan fingerprint density at radius 1 is 1.30 bits per heavy atom. The molecule has 0 spiro atoms. The first kappa shape index (κ1) is 15.5. The maximum Gasteiger partial charge on any atom is 0.225 e. The summed E-state index contributed by atoms with van der Waals surface area (Å²) in [5.74, 6) is 0.501. The van der Waals surface area contributed by atoms with Crippen LogP contribution in [0.4, 0.5) is 5.69 Å². The third-order valence-electron chi connectivity index (χ3n) is 3.10. The van der Waals surface area contributed by atoms with Crippen molar-refractivity contribution in [2.45, 2.75) is 11.4 Å². The van der Waals surface area contributed by atoms with Crippen LogP contribution in [0.1, 0.15) is 12.0 Å². The predicted molar refractivity (Wildman–Crippen MR) is 92.5 cm³/mol. The lowest BCUT2D eigenvalue weighted by Gasteiger charge is -2.06. The number of amides is 1. The number of thiophene rings is 1. The van der Waals surface area contributed by atoms with E-state index in [0.29, 0.717) is 23.4 Å². The van der Waals surface area contributed by atoms with Crippen LogP contribution >= 0.6 is 23.1 Å². The van der Waals surface area contributed by atoms with Gasteiger partial charge in [0.1, 0.15) is 17.4 Å². The summed E-state index contributed by atoms with van der Waals surface area (Å²) in [7, 11) is 0. The third kappa shape index (κ3) is 3.67. The molecule has 2 heterocycles. The molecule has 2 aromatic heterocycles. The van der Waals surface area contributed by atoms with E-state index in [4.69, 9.17) is 5.26 Å². The molecule has 0 atom stereocenters. The van der Waals surface area contributed by atoms with Crippen molar-refractivity contribution in [2.24, 2.45) is 0 Å². The standard InChI is InChI=1S/C16H12N4OS2/c17-9-11-3-1-2-4-12(11)20-14(21)6-8-23-16-15-13(5-7-22-15)18-10-19-16/h1-5,7,10H,6,8H2,(H,20,21). The first-order valence-electron chi connectivity index (χ1n) is 6.88. The zero-order chi connectivity index (χ0) is 16.1. The highest BCUT2D eigenvalue weighted by molar-refractivity contribution is 7.99. The van der Waals surface area contributed by atoms with Crippen molar-refractivity contribution in [3.63, 3.8) is 0 Å². The van der Waals surface area contributed by atoms with Crippen LogP contribution in [0.2, 0.25) is 0 Å². The van der Waals surface area contributed by atoms with Gasteiger partial charge in [-0.2, -0.15) is 5.26 Å². The second kappa shape index (κ2) is 7.22. The number of hydrogen-bond acceptors (Lipinski definition) is 6. The van der Waals surface area contributed by atoms with Crippen LogP contribution in [0.15, 0.2) is 47.1 Å². The molecule has 0 bridgehead atoms. The Balaban J connectivity index is 1.57. The van der Waals surface area contributed by atoms with Gasteiger partial charge in [-0.15, -0.1) is 23.1 Å². The number of nitriles is 1. The molecule has 0 fully saturated rings. The monoisotopic (exact) mass is 340 g/mol. The van der Waals surface area contributed by atoms with E-state index in [1.165, 1.54) is 11.8 Å². The van der Waals surface area contributed by atoms with Gasteiger partial charge >= 0.3 is 0 Å². The molecule has 0 aliphatic heterocycles. The first-order chi connectivity index (χ1) is 11.3. The lowest BCUT2D eigenvalue weighted by atomic mass is 10.2. The van der Waals surface area contributed by atoms with Gasteiger partial charge in [-0.05, 0) is 23.6 Å². The molecule has 5 nitrogen and oxygen atoms in total. The molecule has 1 N–H and O–H groups in total. The molecule has 114 valence electrons. The van der Waals surface area contributed by atoms with Gasteiger partial charge in [-0.25, -0.2) is 9.97 Å². The van der Waals surface area contributed by atoms with Crippen molar-refractivity contribution in [1.82, 2.24) is 9.97 Å². The normalized spacial score (nSPS) is 10.4. The van der Waals surface area contributed by atoms with E-state index in [1.807, 2.05) is 11.4 Å². The molecule has 0 saturated heterocycles. The Kier molecular flexibility index (Phi) is 4.86. The molecule has 1 amide bonds. The number of carbonyl (C=O) groups excluding carboxylic acids is 1. The largest absolute Gasteiger partial charge is 0.325 e. The molecule has 1 aromatic carbocycles. The summed E-state index contributed by atoms with van der Waals surface area (Å²) in [6, 6.07) is 11.0. The summed E-state index contributed by atoms with van der Waals surface area (Å²) < 4.78 is 1.05. The Hall–Kier alpha value is -2.43. The van der Waals surface area contributed by atoms with E-state index in [9.17, 15) is 4.79 Å². The fraction of sp³-hybridized carbons (Fsp3) is 0.125. The molecular weight excluding hydrogens is 328 g/mol. The summed E-state index contributed by atoms with van der Waals surface area (Å²) in [5, 5.41) is 14.7. The highest BCUT2D eigenvalue weighted by Gasteiger charge is 2.09. The Labute approximate surface area is 141 Å². The number of aromatic nitrogens is 2.